The average molecular weight is 379 g/mol. The van der Waals surface area contributed by atoms with Gasteiger partial charge >= 0.3 is 0 Å². The number of carbonyl (C=O) groups is 1. The van der Waals surface area contributed by atoms with Crippen molar-refractivity contribution < 1.29 is 13.6 Å². The number of aromatic nitrogens is 2. The molecule has 3 rings (SSSR count). The maximum atomic E-state index is 13.7. The number of hydrogen-bond acceptors (Lipinski definition) is 4. The van der Waals surface area contributed by atoms with Gasteiger partial charge in [0.2, 0.25) is 5.91 Å². The van der Waals surface area contributed by atoms with Gasteiger partial charge < -0.3 is 5.32 Å². The molecule has 138 valence electrons. The van der Waals surface area contributed by atoms with Gasteiger partial charge in [-0.05, 0) is 19.4 Å². The number of fused-ring (bicyclic) bond motifs is 1. The van der Waals surface area contributed by atoms with Crippen LogP contribution in [0.1, 0.15) is 23.7 Å². The van der Waals surface area contributed by atoms with Crippen molar-refractivity contribution in [3.63, 3.8) is 0 Å². The number of amides is 1. The number of aryl methyl sites for hydroxylation is 1. The third-order valence-electron chi connectivity index (χ3n) is 4.44. The molecule has 0 saturated carbocycles. The van der Waals surface area contributed by atoms with Gasteiger partial charge in [-0.2, -0.15) is 0 Å². The van der Waals surface area contributed by atoms with Crippen LogP contribution in [0.2, 0.25) is 0 Å². The molecule has 0 fully saturated rings. The van der Waals surface area contributed by atoms with Gasteiger partial charge in [-0.3, -0.25) is 14.2 Å². The second kappa shape index (κ2) is 7.57. The minimum atomic E-state index is -0.697. The zero-order valence-electron chi connectivity index (χ0n) is 14.5. The van der Waals surface area contributed by atoms with Gasteiger partial charge in [-0.25, -0.2) is 13.8 Å². The Kier molecular flexibility index (Phi) is 5.41. The Morgan fingerprint density at radius 2 is 2.19 bits per heavy atom. The van der Waals surface area contributed by atoms with E-state index in [0.29, 0.717) is 22.9 Å². The lowest BCUT2D eigenvalue weighted by molar-refractivity contribution is -0.125. The molecule has 1 atom stereocenters. The minimum Gasteiger partial charge on any atom is -0.352 e. The number of rotatable bonds is 4. The van der Waals surface area contributed by atoms with Crippen LogP contribution in [-0.2, 0) is 24.3 Å². The van der Waals surface area contributed by atoms with Gasteiger partial charge in [0.25, 0.3) is 5.56 Å². The predicted octanol–water partition coefficient (Wildman–Crippen LogP) is 2.43. The molecule has 1 unspecified atom stereocenters. The van der Waals surface area contributed by atoms with Crippen molar-refractivity contribution >= 4 is 17.7 Å². The summed E-state index contributed by atoms with van der Waals surface area (Å²) in [4.78, 5) is 29.5. The summed E-state index contributed by atoms with van der Waals surface area (Å²) in [6.45, 7) is 3.94. The second-order valence-electron chi connectivity index (χ2n) is 6.19. The smallest absolute Gasteiger partial charge is 0.257 e. The molecule has 0 saturated heterocycles. The number of nitrogens with one attached hydrogen (secondary N) is 1. The zero-order chi connectivity index (χ0) is 18.8. The van der Waals surface area contributed by atoms with Crippen molar-refractivity contribution in [1.82, 2.24) is 14.9 Å². The Bertz CT molecular complexity index is 914. The lowest BCUT2D eigenvalue weighted by atomic mass is 10.1. The van der Waals surface area contributed by atoms with E-state index in [1.165, 1.54) is 17.8 Å². The number of hydrogen-bond donors (Lipinski definition) is 1. The molecule has 26 heavy (non-hydrogen) atoms. The molecule has 0 aliphatic carbocycles. The largest absolute Gasteiger partial charge is 0.352 e. The van der Waals surface area contributed by atoms with E-state index in [2.05, 4.69) is 10.3 Å². The number of halogens is 2. The molecule has 2 aromatic rings. The van der Waals surface area contributed by atoms with E-state index >= 15 is 0 Å². The van der Waals surface area contributed by atoms with E-state index in [0.717, 1.165) is 17.8 Å². The SMILES string of the molecule is CCc1c(C)nc2n(c1=O)CC(C(=O)NCc1ccc(F)cc1F)CS2. The minimum absolute atomic E-state index is 0.0276. The van der Waals surface area contributed by atoms with E-state index in [9.17, 15) is 18.4 Å². The number of carbonyl (C=O) groups excluding carboxylic acids is 1. The molecule has 0 bridgehead atoms. The lowest BCUT2D eigenvalue weighted by Crippen LogP contribution is -2.40. The molecule has 1 N–H and O–H groups in total. The van der Waals surface area contributed by atoms with Crippen LogP contribution in [0.5, 0.6) is 0 Å². The average Bonchev–Trinajstić information content (AvgIpc) is 2.61. The van der Waals surface area contributed by atoms with Gasteiger partial charge in [0, 0.05) is 41.7 Å². The quantitative estimate of drug-likeness (QED) is 0.829. The van der Waals surface area contributed by atoms with Gasteiger partial charge in [0.15, 0.2) is 5.16 Å². The first kappa shape index (κ1) is 18.6. The molecule has 1 aromatic carbocycles. The normalized spacial score (nSPS) is 16.2. The summed E-state index contributed by atoms with van der Waals surface area (Å²) in [7, 11) is 0. The summed E-state index contributed by atoms with van der Waals surface area (Å²) < 4.78 is 28.1. The van der Waals surface area contributed by atoms with Crippen LogP contribution in [0.25, 0.3) is 0 Å². The first-order chi connectivity index (χ1) is 12.4. The van der Waals surface area contributed by atoms with E-state index in [-0.39, 0.29) is 30.1 Å². The lowest BCUT2D eigenvalue weighted by Gasteiger charge is -2.25. The van der Waals surface area contributed by atoms with E-state index in [4.69, 9.17) is 0 Å². The summed E-state index contributed by atoms with van der Waals surface area (Å²) in [5, 5.41) is 3.29. The number of nitrogens with zero attached hydrogens (tertiary/aromatic N) is 2. The maximum absolute atomic E-state index is 13.7. The van der Waals surface area contributed by atoms with Crippen LogP contribution in [0, 0.1) is 24.5 Å². The highest BCUT2D eigenvalue weighted by Gasteiger charge is 2.28. The summed E-state index contributed by atoms with van der Waals surface area (Å²) in [5.74, 6) is -1.54. The third-order valence-corrected chi connectivity index (χ3v) is 5.58. The van der Waals surface area contributed by atoms with Crippen molar-refractivity contribution in [2.24, 2.45) is 5.92 Å². The van der Waals surface area contributed by atoms with Crippen molar-refractivity contribution in [3.8, 4) is 0 Å². The van der Waals surface area contributed by atoms with Crippen molar-refractivity contribution in [3.05, 3.63) is 57.0 Å². The zero-order valence-corrected chi connectivity index (χ0v) is 15.3. The van der Waals surface area contributed by atoms with E-state index in [1.807, 2.05) is 13.8 Å². The molecule has 1 aliphatic heterocycles. The van der Waals surface area contributed by atoms with Crippen LogP contribution < -0.4 is 10.9 Å². The van der Waals surface area contributed by atoms with Crippen molar-refractivity contribution in [1.29, 1.82) is 0 Å². The highest BCUT2D eigenvalue weighted by Crippen LogP contribution is 2.26. The Labute approximate surface area is 153 Å². The monoisotopic (exact) mass is 379 g/mol. The van der Waals surface area contributed by atoms with Crippen LogP contribution >= 0.6 is 11.8 Å². The molecule has 1 aliphatic rings. The first-order valence-corrected chi connectivity index (χ1v) is 9.34. The Morgan fingerprint density at radius 1 is 1.42 bits per heavy atom. The highest BCUT2D eigenvalue weighted by molar-refractivity contribution is 7.99. The first-order valence-electron chi connectivity index (χ1n) is 8.35. The number of benzene rings is 1. The fraction of sp³-hybridized carbons (Fsp3) is 0.389. The molecule has 0 spiro atoms. The topological polar surface area (TPSA) is 64.0 Å². The number of thioether (sulfide) groups is 1. The van der Waals surface area contributed by atoms with Crippen LogP contribution in [-0.4, -0.2) is 21.2 Å². The molecular weight excluding hydrogens is 360 g/mol. The third kappa shape index (κ3) is 3.65. The molecule has 1 amide bonds. The molecule has 5 nitrogen and oxygen atoms in total. The summed E-state index contributed by atoms with van der Waals surface area (Å²) in [5.41, 5.74) is 1.49. The van der Waals surface area contributed by atoms with E-state index in [1.54, 1.807) is 4.57 Å². The molecule has 8 heteroatoms. The van der Waals surface area contributed by atoms with Gasteiger partial charge in [0.05, 0.1) is 5.92 Å². The van der Waals surface area contributed by atoms with Crippen LogP contribution in [0.4, 0.5) is 8.78 Å². The fourth-order valence-electron chi connectivity index (χ4n) is 2.95. The van der Waals surface area contributed by atoms with E-state index < -0.39 is 17.6 Å². The molecule has 1 aromatic heterocycles. The maximum Gasteiger partial charge on any atom is 0.257 e. The molecule has 0 radical (unpaired) electrons. The second-order valence-corrected chi connectivity index (χ2v) is 7.18. The fourth-order valence-corrected chi connectivity index (χ4v) is 4.07. The molecule has 2 heterocycles. The summed E-state index contributed by atoms with van der Waals surface area (Å²) >= 11 is 1.37. The highest BCUT2D eigenvalue weighted by atomic mass is 32.2. The van der Waals surface area contributed by atoms with Crippen LogP contribution in [0.3, 0.4) is 0 Å². The van der Waals surface area contributed by atoms with Crippen LogP contribution in [0.15, 0.2) is 28.2 Å². The summed E-state index contributed by atoms with van der Waals surface area (Å²) in [6.07, 6.45) is 0.587. The Balaban J connectivity index is 1.72. The van der Waals surface area contributed by atoms with Gasteiger partial charge in [-0.1, -0.05) is 24.8 Å². The van der Waals surface area contributed by atoms with Gasteiger partial charge in [0.1, 0.15) is 11.6 Å². The van der Waals surface area contributed by atoms with Crippen molar-refractivity contribution in [2.75, 3.05) is 5.75 Å². The summed E-state index contributed by atoms with van der Waals surface area (Å²) in [6, 6.07) is 3.24. The Hall–Kier alpha value is -2.22. The molecular formula is C18H19F2N3O2S. The Morgan fingerprint density at radius 3 is 2.88 bits per heavy atom. The predicted molar refractivity (Wildman–Crippen MR) is 95.0 cm³/mol. The van der Waals surface area contributed by atoms with Crippen molar-refractivity contribution in [2.45, 2.75) is 38.5 Å². The standard InChI is InChI=1S/C18H19F2N3O2S/c1-3-14-10(2)22-18-23(17(14)25)8-12(9-26-18)16(24)21-7-11-4-5-13(19)6-15(11)20/h4-6,12H,3,7-9H2,1-2H3,(H,21,24). The van der Waals surface area contributed by atoms with Gasteiger partial charge in [-0.15, -0.1) is 0 Å².